The van der Waals surface area contributed by atoms with Crippen molar-refractivity contribution in [1.29, 1.82) is 0 Å². The Labute approximate surface area is 165 Å². The van der Waals surface area contributed by atoms with Crippen molar-refractivity contribution in [3.8, 4) is 11.5 Å². The molecule has 28 heavy (non-hydrogen) atoms. The lowest BCUT2D eigenvalue weighted by Crippen LogP contribution is -2.28. The maximum Gasteiger partial charge on any atom is 0.331 e. The molecular formula is C22H25NO5. The Morgan fingerprint density at radius 1 is 1.11 bits per heavy atom. The molecule has 0 fully saturated rings. The van der Waals surface area contributed by atoms with Crippen LogP contribution in [0.4, 0.5) is 0 Å². The second-order valence-electron chi connectivity index (χ2n) is 5.99. The predicted molar refractivity (Wildman–Crippen MR) is 107 cm³/mol. The first-order valence-corrected chi connectivity index (χ1v) is 9.00. The minimum Gasteiger partial charge on any atom is -0.493 e. The Hall–Kier alpha value is -3.28. The molecule has 0 unspecified atom stereocenters. The summed E-state index contributed by atoms with van der Waals surface area (Å²) in [5, 5.41) is 2.73. The van der Waals surface area contributed by atoms with Crippen molar-refractivity contribution in [1.82, 2.24) is 5.32 Å². The van der Waals surface area contributed by atoms with Gasteiger partial charge in [0.25, 0.3) is 5.91 Å². The molecule has 0 aliphatic rings. The van der Waals surface area contributed by atoms with Crippen LogP contribution in [-0.2, 0) is 20.9 Å². The largest absolute Gasteiger partial charge is 0.493 e. The van der Waals surface area contributed by atoms with Gasteiger partial charge in [-0.3, -0.25) is 4.79 Å². The van der Waals surface area contributed by atoms with Gasteiger partial charge >= 0.3 is 5.97 Å². The molecule has 0 saturated heterocycles. The van der Waals surface area contributed by atoms with Gasteiger partial charge in [0.15, 0.2) is 18.1 Å². The zero-order valence-electron chi connectivity index (χ0n) is 16.4. The van der Waals surface area contributed by atoms with Gasteiger partial charge in [0.05, 0.1) is 13.7 Å². The molecule has 2 rings (SSSR count). The molecule has 6 nitrogen and oxygen atoms in total. The summed E-state index contributed by atoms with van der Waals surface area (Å²) >= 11 is 0. The highest BCUT2D eigenvalue weighted by atomic mass is 16.5. The number of esters is 1. The summed E-state index contributed by atoms with van der Waals surface area (Å²) < 4.78 is 15.7. The third kappa shape index (κ3) is 6.46. The molecule has 0 bridgehead atoms. The molecule has 0 saturated carbocycles. The molecule has 0 aromatic heterocycles. The number of carbonyl (C=O) groups is 2. The van der Waals surface area contributed by atoms with Gasteiger partial charge in [-0.1, -0.05) is 30.3 Å². The Morgan fingerprint density at radius 2 is 1.89 bits per heavy atom. The topological polar surface area (TPSA) is 73.9 Å². The molecule has 0 radical (unpaired) electrons. The summed E-state index contributed by atoms with van der Waals surface area (Å²) in [6.45, 7) is 4.46. The Bertz CT molecular complexity index is 845. The first-order valence-electron chi connectivity index (χ1n) is 9.00. The summed E-state index contributed by atoms with van der Waals surface area (Å²) in [6.07, 6.45) is 2.86. The Kier molecular flexibility index (Phi) is 8.09. The van der Waals surface area contributed by atoms with Crippen molar-refractivity contribution < 1.29 is 23.8 Å². The lowest BCUT2D eigenvalue weighted by atomic mass is 10.1. The fourth-order valence-corrected chi connectivity index (χ4v) is 2.46. The number of amides is 1. The summed E-state index contributed by atoms with van der Waals surface area (Å²) in [5.74, 6) is 0.259. The van der Waals surface area contributed by atoms with E-state index in [9.17, 15) is 9.59 Å². The molecule has 0 heterocycles. The third-order valence-corrected chi connectivity index (χ3v) is 3.98. The summed E-state index contributed by atoms with van der Waals surface area (Å²) in [5.41, 5.74) is 2.86. The normalized spacial score (nSPS) is 10.5. The number of hydrogen-bond donors (Lipinski definition) is 1. The molecule has 2 aromatic carbocycles. The van der Waals surface area contributed by atoms with E-state index >= 15 is 0 Å². The van der Waals surface area contributed by atoms with E-state index in [1.54, 1.807) is 31.4 Å². The Morgan fingerprint density at radius 3 is 2.61 bits per heavy atom. The monoisotopic (exact) mass is 383 g/mol. The second-order valence-corrected chi connectivity index (χ2v) is 5.99. The molecule has 2 aromatic rings. The van der Waals surface area contributed by atoms with E-state index in [0.29, 0.717) is 24.7 Å². The highest BCUT2D eigenvalue weighted by molar-refractivity contribution is 5.89. The highest BCUT2D eigenvalue weighted by Gasteiger charge is 2.07. The number of aryl methyl sites for hydroxylation is 1. The van der Waals surface area contributed by atoms with Gasteiger partial charge in [0.2, 0.25) is 0 Å². The van der Waals surface area contributed by atoms with Crippen LogP contribution in [-0.4, -0.2) is 32.2 Å². The molecule has 0 spiro atoms. The molecule has 0 aliphatic heterocycles. The molecule has 148 valence electrons. The van der Waals surface area contributed by atoms with Gasteiger partial charge in [-0.25, -0.2) is 4.79 Å². The van der Waals surface area contributed by atoms with Crippen LogP contribution in [0.1, 0.15) is 23.6 Å². The van der Waals surface area contributed by atoms with Crippen molar-refractivity contribution in [3.63, 3.8) is 0 Å². The number of hydrogen-bond acceptors (Lipinski definition) is 5. The number of methoxy groups -OCH3 is 1. The van der Waals surface area contributed by atoms with Crippen molar-refractivity contribution in [2.24, 2.45) is 0 Å². The number of ether oxygens (including phenoxy) is 3. The van der Waals surface area contributed by atoms with E-state index in [1.165, 1.54) is 6.08 Å². The Balaban J connectivity index is 1.81. The van der Waals surface area contributed by atoms with E-state index in [-0.39, 0.29) is 12.5 Å². The smallest absolute Gasteiger partial charge is 0.331 e. The van der Waals surface area contributed by atoms with E-state index < -0.39 is 5.97 Å². The van der Waals surface area contributed by atoms with Gasteiger partial charge in [-0.2, -0.15) is 0 Å². The molecular weight excluding hydrogens is 358 g/mol. The van der Waals surface area contributed by atoms with Gasteiger partial charge in [-0.05, 0) is 48.7 Å². The molecule has 0 aliphatic carbocycles. The molecule has 1 N–H and O–H groups in total. The van der Waals surface area contributed by atoms with Crippen LogP contribution >= 0.6 is 0 Å². The number of benzene rings is 2. The average Bonchev–Trinajstić information content (AvgIpc) is 2.71. The first kappa shape index (κ1) is 21.0. The van der Waals surface area contributed by atoms with Gasteiger partial charge in [0.1, 0.15) is 0 Å². The van der Waals surface area contributed by atoms with E-state index in [0.717, 1.165) is 16.7 Å². The van der Waals surface area contributed by atoms with Crippen LogP contribution in [0.5, 0.6) is 11.5 Å². The van der Waals surface area contributed by atoms with Gasteiger partial charge in [-0.15, -0.1) is 0 Å². The van der Waals surface area contributed by atoms with Crippen LogP contribution in [0.15, 0.2) is 48.5 Å². The summed E-state index contributed by atoms with van der Waals surface area (Å²) in [6, 6.07) is 13.1. The molecule has 0 atom stereocenters. The first-order chi connectivity index (χ1) is 13.5. The van der Waals surface area contributed by atoms with Crippen LogP contribution in [0.3, 0.4) is 0 Å². The minimum atomic E-state index is -0.598. The van der Waals surface area contributed by atoms with Gasteiger partial charge in [0, 0.05) is 12.6 Å². The average molecular weight is 383 g/mol. The van der Waals surface area contributed by atoms with Crippen molar-refractivity contribution in [2.75, 3.05) is 20.3 Å². The van der Waals surface area contributed by atoms with Gasteiger partial charge < -0.3 is 19.5 Å². The van der Waals surface area contributed by atoms with Crippen LogP contribution in [0.25, 0.3) is 6.08 Å². The van der Waals surface area contributed by atoms with Crippen molar-refractivity contribution in [3.05, 3.63) is 65.2 Å². The van der Waals surface area contributed by atoms with E-state index in [1.807, 2.05) is 38.1 Å². The van der Waals surface area contributed by atoms with Crippen molar-refractivity contribution >= 4 is 18.0 Å². The lowest BCUT2D eigenvalue weighted by Gasteiger charge is -2.09. The second kappa shape index (κ2) is 10.8. The fraction of sp³-hybridized carbons (Fsp3) is 0.273. The zero-order valence-corrected chi connectivity index (χ0v) is 16.4. The lowest BCUT2D eigenvalue weighted by molar-refractivity contribution is -0.143. The number of nitrogens with one attached hydrogen (secondary N) is 1. The van der Waals surface area contributed by atoms with E-state index in [4.69, 9.17) is 14.2 Å². The van der Waals surface area contributed by atoms with Crippen molar-refractivity contribution in [2.45, 2.75) is 20.4 Å². The maximum absolute atomic E-state index is 11.8. The number of carbonyl (C=O) groups excluding carboxylic acids is 2. The van der Waals surface area contributed by atoms with E-state index in [2.05, 4.69) is 5.32 Å². The summed E-state index contributed by atoms with van der Waals surface area (Å²) in [4.78, 5) is 23.7. The zero-order chi connectivity index (χ0) is 20.4. The highest BCUT2D eigenvalue weighted by Crippen LogP contribution is 2.28. The number of rotatable bonds is 9. The standard InChI is InChI=1S/C22H25NO5/c1-4-27-19-11-9-17(13-20(19)26-3)10-12-22(25)28-15-21(24)23-14-18-8-6-5-7-16(18)2/h5-13H,4,14-15H2,1-3H3,(H,23,24)/b12-10+. The summed E-state index contributed by atoms with van der Waals surface area (Å²) in [7, 11) is 1.55. The fourth-order valence-electron chi connectivity index (χ4n) is 2.46. The predicted octanol–water partition coefficient (Wildman–Crippen LogP) is 3.28. The molecule has 1 amide bonds. The van der Waals surface area contributed by atoms with Crippen LogP contribution < -0.4 is 14.8 Å². The van der Waals surface area contributed by atoms with Crippen LogP contribution in [0.2, 0.25) is 0 Å². The third-order valence-electron chi connectivity index (χ3n) is 3.98. The SMILES string of the molecule is CCOc1ccc(/C=C/C(=O)OCC(=O)NCc2ccccc2C)cc1OC. The van der Waals surface area contributed by atoms with Crippen LogP contribution in [0, 0.1) is 6.92 Å². The minimum absolute atomic E-state index is 0.332. The quantitative estimate of drug-likeness (QED) is 0.531. The molecule has 6 heteroatoms. The maximum atomic E-state index is 11.8.